The molecule has 5 nitrogen and oxygen atoms in total. The van der Waals surface area contributed by atoms with E-state index in [1.807, 2.05) is 13.8 Å². The highest BCUT2D eigenvalue weighted by atomic mass is 16.5. The minimum absolute atomic E-state index is 0.0130. The van der Waals surface area contributed by atoms with Gasteiger partial charge in [-0.15, -0.1) is 0 Å². The summed E-state index contributed by atoms with van der Waals surface area (Å²) < 4.78 is 6.40. The molecule has 0 amide bonds. The number of rotatable bonds is 10. The first-order valence-electron chi connectivity index (χ1n) is 17.4. The zero-order valence-corrected chi connectivity index (χ0v) is 29.1. The monoisotopic (exact) mass is 587 g/mol. The molecule has 4 fully saturated rings. The first-order chi connectivity index (χ1) is 19.4. The van der Waals surface area contributed by atoms with E-state index >= 15 is 0 Å². The highest BCUT2D eigenvalue weighted by Crippen LogP contribution is 2.76. The second-order valence-corrected chi connectivity index (χ2v) is 17.7. The van der Waals surface area contributed by atoms with Gasteiger partial charge >= 0.3 is 5.97 Å². The van der Waals surface area contributed by atoms with Crippen molar-refractivity contribution >= 4 is 11.8 Å². The lowest BCUT2D eigenvalue weighted by atomic mass is 9.34. The molecular formula is C37H65NO4. The number of aliphatic hydroxyl groups excluding tert-OH is 1. The lowest BCUT2D eigenvalue weighted by molar-refractivity contribution is -0.242. The van der Waals surface area contributed by atoms with Crippen LogP contribution in [0, 0.1) is 62.6 Å². The van der Waals surface area contributed by atoms with Crippen LogP contribution in [0.25, 0.3) is 0 Å². The zero-order chi connectivity index (χ0) is 31.5. The lowest BCUT2D eigenvalue weighted by Gasteiger charge is -2.71. The molecular weight excluding hydrogens is 522 g/mol. The number of carbonyl (C=O) groups excluding carboxylic acids is 2. The molecule has 4 aliphatic rings. The van der Waals surface area contributed by atoms with Gasteiger partial charge in [0.1, 0.15) is 12.7 Å². The van der Waals surface area contributed by atoms with E-state index in [0.717, 1.165) is 37.6 Å². The second-order valence-electron chi connectivity index (χ2n) is 17.7. The molecule has 242 valence electrons. The van der Waals surface area contributed by atoms with Gasteiger partial charge in [-0.25, -0.2) is 0 Å². The molecule has 0 radical (unpaired) electrons. The smallest absolute Gasteiger partial charge is 0.302 e. The van der Waals surface area contributed by atoms with Crippen LogP contribution in [0.5, 0.6) is 0 Å². The molecule has 42 heavy (non-hydrogen) atoms. The predicted octanol–water partition coefficient (Wildman–Crippen LogP) is 7.83. The molecule has 0 aromatic heterocycles. The SMILES string of the molecule is CC(=O)OC1CC2[C@@]3(C)CC[C@H](C)C(C)(C)C3CC[C@@]2(C)[C@]2(C)CCC(C(C)(C)CCCN[C@H](C(=O)CO)C(C)C)[C@@H]12. The van der Waals surface area contributed by atoms with Crippen LogP contribution >= 0.6 is 0 Å². The average Bonchev–Trinajstić information content (AvgIpc) is 3.27. The summed E-state index contributed by atoms with van der Waals surface area (Å²) in [5.41, 5.74) is 1.12. The maximum absolute atomic E-state index is 12.6. The van der Waals surface area contributed by atoms with E-state index in [1.54, 1.807) is 6.92 Å². The van der Waals surface area contributed by atoms with Gasteiger partial charge in [-0.1, -0.05) is 69.2 Å². The summed E-state index contributed by atoms with van der Waals surface area (Å²) in [6, 6.07) is -0.291. The van der Waals surface area contributed by atoms with Crippen molar-refractivity contribution in [3.05, 3.63) is 0 Å². The molecule has 0 aliphatic heterocycles. The van der Waals surface area contributed by atoms with E-state index in [2.05, 4.69) is 60.7 Å². The Morgan fingerprint density at radius 1 is 0.976 bits per heavy atom. The Bertz CT molecular complexity index is 1000. The van der Waals surface area contributed by atoms with Crippen LogP contribution in [0.2, 0.25) is 0 Å². The third-order valence-electron chi connectivity index (χ3n) is 14.8. The van der Waals surface area contributed by atoms with E-state index < -0.39 is 6.61 Å². The minimum atomic E-state index is -0.405. The van der Waals surface area contributed by atoms with Crippen molar-refractivity contribution in [1.29, 1.82) is 0 Å². The summed E-state index contributed by atoms with van der Waals surface area (Å²) in [4.78, 5) is 24.9. The molecule has 0 aromatic carbocycles. The van der Waals surface area contributed by atoms with Crippen LogP contribution in [0.4, 0.5) is 0 Å². The summed E-state index contributed by atoms with van der Waals surface area (Å²) in [7, 11) is 0. The molecule has 10 atom stereocenters. The van der Waals surface area contributed by atoms with Gasteiger partial charge in [-0.05, 0) is 121 Å². The van der Waals surface area contributed by atoms with Crippen LogP contribution in [0.15, 0.2) is 0 Å². The number of aliphatic hydroxyl groups is 1. The van der Waals surface area contributed by atoms with Gasteiger partial charge in [-0.3, -0.25) is 9.59 Å². The number of ketones is 1. The van der Waals surface area contributed by atoms with Crippen LogP contribution in [0.1, 0.15) is 134 Å². The van der Waals surface area contributed by atoms with Crippen molar-refractivity contribution in [3.8, 4) is 0 Å². The molecule has 0 saturated heterocycles. The maximum Gasteiger partial charge on any atom is 0.302 e. The average molecular weight is 588 g/mol. The predicted molar refractivity (Wildman–Crippen MR) is 171 cm³/mol. The molecule has 4 unspecified atom stereocenters. The molecule has 0 spiro atoms. The van der Waals surface area contributed by atoms with Gasteiger partial charge < -0.3 is 15.2 Å². The van der Waals surface area contributed by atoms with E-state index in [1.165, 1.54) is 38.5 Å². The van der Waals surface area contributed by atoms with E-state index in [0.29, 0.717) is 23.2 Å². The van der Waals surface area contributed by atoms with Crippen molar-refractivity contribution < 1.29 is 19.4 Å². The lowest BCUT2D eigenvalue weighted by Crippen LogP contribution is -2.66. The molecule has 0 bridgehead atoms. The number of hydrogen-bond acceptors (Lipinski definition) is 5. The summed E-state index contributed by atoms with van der Waals surface area (Å²) in [5.74, 6) is 2.83. The van der Waals surface area contributed by atoms with Gasteiger partial charge in [0.25, 0.3) is 0 Å². The fraction of sp³-hybridized carbons (Fsp3) is 0.946. The van der Waals surface area contributed by atoms with Gasteiger partial charge in [0.15, 0.2) is 5.78 Å². The number of fused-ring (bicyclic) bond motifs is 5. The topological polar surface area (TPSA) is 75.6 Å². The highest BCUT2D eigenvalue weighted by Gasteiger charge is 2.71. The van der Waals surface area contributed by atoms with Crippen LogP contribution in [-0.2, 0) is 14.3 Å². The number of nitrogens with one attached hydrogen (secondary N) is 1. The van der Waals surface area contributed by atoms with E-state index in [-0.39, 0.29) is 51.5 Å². The molecule has 2 N–H and O–H groups in total. The fourth-order valence-electron chi connectivity index (χ4n) is 11.9. The quantitative estimate of drug-likeness (QED) is 0.201. The van der Waals surface area contributed by atoms with Gasteiger partial charge in [-0.2, -0.15) is 0 Å². The normalized spacial score (nSPS) is 41.9. The Morgan fingerprint density at radius 2 is 1.62 bits per heavy atom. The van der Waals surface area contributed by atoms with Crippen LogP contribution in [0.3, 0.4) is 0 Å². The van der Waals surface area contributed by atoms with E-state index in [4.69, 9.17) is 4.74 Å². The fourth-order valence-corrected chi connectivity index (χ4v) is 11.9. The van der Waals surface area contributed by atoms with E-state index in [9.17, 15) is 14.7 Å². The molecule has 0 heterocycles. The molecule has 4 aliphatic carbocycles. The standard InChI is InChI=1S/C37H65NO4/c1-23(2)32(27(41)22-39)38-20-12-16-33(5,6)26-14-18-37(11)31(26)28(42-25(4)40)21-30-35(9)17-13-24(3)34(7,8)29(35)15-19-36(30,37)10/h23-24,26,28-32,38-39H,12-22H2,1-11H3/t24-,26?,28?,29?,30?,31-,32-,35-,36+,37+/m0/s1. The second kappa shape index (κ2) is 11.8. The molecule has 4 rings (SSSR count). The Labute approximate surface area is 258 Å². The number of hydrogen-bond donors (Lipinski definition) is 2. The highest BCUT2D eigenvalue weighted by molar-refractivity contribution is 5.85. The van der Waals surface area contributed by atoms with Gasteiger partial charge in [0.05, 0.1) is 6.04 Å². The number of carbonyl (C=O) groups is 2. The van der Waals surface area contributed by atoms with Crippen molar-refractivity contribution in [2.45, 2.75) is 146 Å². The van der Waals surface area contributed by atoms with Crippen molar-refractivity contribution in [2.75, 3.05) is 13.2 Å². The number of esters is 1. The molecule has 4 saturated carbocycles. The Balaban J connectivity index is 1.59. The summed E-state index contributed by atoms with van der Waals surface area (Å²) >= 11 is 0. The molecule has 0 aromatic rings. The summed E-state index contributed by atoms with van der Waals surface area (Å²) in [6.45, 7) is 26.3. The van der Waals surface area contributed by atoms with Crippen LogP contribution in [-0.4, -0.2) is 42.2 Å². The van der Waals surface area contributed by atoms with Crippen molar-refractivity contribution in [1.82, 2.24) is 5.32 Å². The Morgan fingerprint density at radius 3 is 2.21 bits per heavy atom. The first kappa shape index (κ1) is 33.9. The third-order valence-corrected chi connectivity index (χ3v) is 14.8. The van der Waals surface area contributed by atoms with Crippen molar-refractivity contribution in [2.24, 2.45) is 62.6 Å². The van der Waals surface area contributed by atoms with Gasteiger partial charge in [0.2, 0.25) is 0 Å². The Hall–Kier alpha value is -0.940. The molecule has 5 heteroatoms. The zero-order valence-electron chi connectivity index (χ0n) is 29.1. The first-order valence-corrected chi connectivity index (χ1v) is 17.4. The summed E-state index contributed by atoms with van der Waals surface area (Å²) in [6.07, 6.45) is 10.7. The van der Waals surface area contributed by atoms with Gasteiger partial charge in [0, 0.05) is 12.8 Å². The number of Topliss-reactive ketones (excluding diaryl/α,β-unsaturated/α-hetero) is 1. The van der Waals surface area contributed by atoms with Crippen molar-refractivity contribution in [3.63, 3.8) is 0 Å². The minimum Gasteiger partial charge on any atom is -0.462 e. The largest absolute Gasteiger partial charge is 0.462 e. The third kappa shape index (κ3) is 5.43. The Kier molecular flexibility index (Phi) is 9.51. The maximum atomic E-state index is 12.6. The number of ether oxygens (including phenoxy) is 1. The van der Waals surface area contributed by atoms with Crippen LogP contribution < -0.4 is 5.32 Å². The summed E-state index contributed by atoms with van der Waals surface area (Å²) in [5, 5.41) is 12.8.